The monoisotopic (exact) mass is 365 g/mol. The Hall–Kier alpha value is -1.69. The zero-order valence-corrected chi connectivity index (χ0v) is 16.0. The lowest BCUT2D eigenvalue weighted by molar-refractivity contribution is -0.151. The summed E-state index contributed by atoms with van der Waals surface area (Å²) in [5, 5.41) is 2.65. The van der Waals surface area contributed by atoms with Crippen molar-refractivity contribution in [2.75, 3.05) is 0 Å². The molecule has 1 aromatic rings. The predicted molar refractivity (Wildman–Crippen MR) is 98.9 cm³/mol. The van der Waals surface area contributed by atoms with E-state index < -0.39 is 23.7 Å². The maximum absolute atomic E-state index is 12.6. The van der Waals surface area contributed by atoms with E-state index in [1.54, 1.807) is 20.8 Å². The number of hydrogen-bond acceptors (Lipinski definition) is 5. The second-order valence-corrected chi connectivity index (χ2v) is 7.86. The minimum atomic E-state index is -0.802. The molecular weight excluding hydrogens is 338 g/mol. The summed E-state index contributed by atoms with van der Waals surface area (Å²) in [6.07, 6.45) is 3.54. The topological polar surface area (TPSA) is 64.6 Å². The fourth-order valence-electron chi connectivity index (χ4n) is 2.80. The van der Waals surface area contributed by atoms with E-state index in [0.29, 0.717) is 6.42 Å². The van der Waals surface area contributed by atoms with E-state index in [-0.39, 0.29) is 6.10 Å². The largest absolute Gasteiger partial charge is 0.461 e. The van der Waals surface area contributed by atoms with Crippen molar-refractivity contribution < 1.29 is 19.1 Å². The standard InChI is InChI=1S/C19H27NO4S/c1-19(2,3)24-18(22)20-15(12-13-8-4-7-11-16(13)25)17(21)23-14-9-5-6-10-14/h4,7-8,11,14-15,25H,5-6,9-10,12H2,1-3H3,(H,20,22)/t15-/m0/s1. The number of carbonyl (C=O) groups is 2. The predicted octanol–water partition coefficient (Wildman–Crippen LogP) is 3.90. The zero-order chi connectivity index (χ0) is 18.4. The molecule has 1 N–H and O–H groups in total. The summed E-state index contributed by atoms with van der Waals surface area (Å²) >= 11 is 4.42. The van der Waals surface area contributed by atoms with Crippen LogP contribution in [-0.4, -0.2) is 29.8 Å². The van der Waals surface area contributed by atoms with Gasteiger partial charge in [-0.1, -0.05) is 18.2 Å². The maximum atomic E-state index is 12.6. The van der Waals surface area contributed by atoms with Crippen LogP contribution in [0.25, 0.3) is 0 Å². The zero-order valence-electron chi connectivity index (χ0n) is 15.1. The molecule has 1 aliphatic carbocycles. The van der Waals surface area contributed by atoms with Crippen LogP contribution in [0.3, 0.4) is 0 Å². The molecule has 5 nitrogen and oxygen atoms in total. The summed E-state index contributed by atoms with van der Waals surface area (Å²) in [5.74, 6) is -0.422. The second-order valence-electron chi connectivity index (χ2n) is 7.38. The highest BCUT2D eigenvalue weighted by molar-refractivity contribution is 7.80. The molecule has 1 saturated carbocycles. The van der Waals surface area contributed by atoms with Crippen LogP contribution in [0.15, 0.2) is 29.2 Å². The van der Waals surface area contributed by atoms with E-state index in [2.05, 4.69) is 17.9 Å². The third kappa shape index (κ3) is 6.61. The number of nitrogens with one attached hydrogen (secondary N) is 1. The third-order valence-electron chi connectivity index (χ3n) is 3.98. The number of ether oxygens (including phenoxy) is 2. The Kier molecular flexibility index (Phi) is 6.76. The quantitative estimate of drug-likeness (QED) is 0.614. The van der Waals surface area contributed by atoms with E-state index in [0.717, 1.165) is 36.1 Å². The molecule has 1 aliphatic rings. The molecule has 0 heterocycles. The molecule has 1 fully saturated rings. The number of carbonyl (C=O) groups excluding carboxylic acids is 2. The lowest BCUT2D eigenvalue weighted by atomic mass is 10.1. The van der Waals surface area contributed by atoms with Gasteiger partial charge in [0.05, 0.1) is 0 Å². The number of alkyl carbamates (subject to hydrolysis) is 1. The number of esters is 1. The molecule has 6 heteroatoms. The Morgan fingerprint density at radius 2 is 1.88 bits per heavy atom. The molecule has 1 atom stereocenters. The van der Waals surface area contributed by atoms with Gasteiger partial charge in [0.1, 0.15) is 17.7 Å². The molecule has 1 amide bonds. The first-order valence-corrected chi connectivity index (χ1v) is 9.16. The number of amides is 1. The van der Waals surface area contributed by atoms with Crippen molar-refractivity contribution in [3.63, 3.8) is 0 Å². The van der Waals surface area contributed by atoms with Gasteiger partial charge in [-0.05, 0) is 58.1 Å². The molecule has 0 spiro atoms. The Morgan fingerprint density at radius 1 is 1.24 bits per heavy atom. The first-order chi connectivity index (χ1) is 11.7. The Balaban J connectivity index is 2.08. The summed E-state index contributed by atoms with van der Waals surface area (Å²) in [5.41, 5.74) is 0.237. The van der Waals surface area contributed by atoms with Crippen LogP contribution >= 0.6 is 12.6 Å². The number of rotatable bonds is 5. The van der Waals surface area contributed by atoms with Gasteiger partial charge in [0.25, 0.3) is 0 Å². The fourth-order valence-corrected chi connectivity index (χ4v) is 3.05. The second kappa shape index (κ2) is 8.61. The van der Waals surface area contributed by atoms with Crippen LogP contribution in [0.4, 0.5) is 4.79 Å². The van der Waals surface area contributed by atoms with Crippen LogP contribution in [0.1, 0.15) is 52.0 Å². The van der Waals surface area contributed by atoms with Crippen molar-refractivity contribution in [3.05, 3.63) is 29.8 Å². The lowest BCUT2D eigenvalue weighted by Crippen LogP contribution is -2.46. The minimum absolute atomic E-state index is 0.0540. The molecule has 0 radical (unpaired) electrons. The summed E-state index contributed by atoms with van der Waals surface area (Å²) in [7, 11) is 0. The summed E-state index contributed by atoms with van der Waals surface area (Å²) in [4.78, 5) is 25.5. The van der Waals surface area contributed by atoms with Gasteiger partial charge in [-0.3, -0.25) is 0 Å². The van der Waals surface area contributed by atoms with E-state index in [9.17, 15) is 9.59 Å². The molecule has 1 aromatic carbocycles. The number of hydrogen-bond donors (Lipinski definition) is 2. The van der Waals surface area contributed by atoms with E-state index in [1.807, 2.05) is 24.3 Å². The fraction of sp³-hybridized carbons (Fsp3) is 0.579. The van der Waals surface area contributed by atoms with Gasteiger partial charge in [0, 0.05) is 11.3 Å². The maximum Gasteiger partial charge on any atom is 0.408 e. The van der Waals surface area contributed by atoms with Crippen molar-refractivity contribution in [1.29, 1.82) is 0 Å². The summed E-state index contributed by atoms with van der Waals surface area (Å²) in [6.45, 7) is 5.34. The van der Waals surface area contributed by atoms with E-state index >= 15 is 0 Å². The average Bonchev–Trinajstić information content (AvgIpc) is 2.99. The van der Waals surface area contributed by atoms with Gasteiger partial charge < -0.3 is 14.8 Å². The van der Waals surface area contributed by atoms with Crippen molar-refractivity contribution in [1.82, 2.24) is 5.32 Å². The molecule has 25 heavy (non-hydrogen) atoms. The first kappa shape index (κ1) is 19.6. The highest BCUT2D eigenvalue weighted by Crippen LogP contribution is 2.22. The molecule has 0 aromatic heterocycles. The smallest absolute Gasteiger partial charge is 0.408 e. The summed E-state index contributed by atoms with van der Waals surface area (Å²) in [6, 6.07) is 6.69. The Morgan fingerprint density at radius 3 is 2.48 bits per heavy atom. The third-order valence-corrected chi connectivity index (χ3v) is 4.41. The van der Waals surface area contributed by atoms with Gasteiger partial charge >= 0.3 is 12.1 Å². The van der Waals surface area contributed by atoms with Crippen molar-refractivity contribution in [2.45, 2.75) is 75.5 Å². The molecule has 0 bridgehead atoms. The van der Waals surface area contributed by atoms with Crippen molar-refractivity contribution in [3.8, 4) is 0 Å². The van der Waals surface area contributed by atoms with Crippen LogP contribution < -0.4 is 5.32 Å². The molecule has 2 rings (SSSR count). The van der Waals surface area contributed by atoms with Gasteiger partial charge in [0.2, 0.25) is 0 Å². The van der Waals surface area contributed by atoms with Gasteiger partial charge in [-0.25, -0.2) is 9.59 Å². The molecule has 0 aliphatic heterocycles. The van der Waals surface area contributed by atoms with Crippen LogP contribution in [0, 0.1) is 0 Å². The first-order valence-electron chi connectivity index (χ1n) is 8.71. The Labute approximate surface area is 154 Å². The van der Waals surface area contributed by atoms with Crippen LogP contribution in [0.2, 0.25) is 0 Å². The van der Waals surface area contributed by atoms with Crippen LogP contribution in [0.5, 0.6) is 0 Å². The molecular formula is C19H27NO4S. The molecule has 0 unspecified atom stereocenters. The number of thiol groups is 1. The average molecular weight is 365 g/mol. The van der Waals surface area contributed by atoms with Gasteiger partial charge in [-0.2, -0.15) is 0 Å². The molecule has 138 valence electrons. The Bertz CT molecular complexity index is 606. The SMILES string of the molecule is CC(C)(C)OC(=O)N[C@@H](Cc1ccccc1S)C(=O)OC1CCCC1. The van der Waals surface area contributed by atoms with E-state index in [4.69, 9.17) is 9.47 Å². The van der Waals surface area contributed by atoms with Crippen LogP contribution in [-0.2, 0) is 20.7 Å². The van der Waals surface area contributed by atoms with E-state index in [1.165, 1.54) is 0 Å². The van der Waals surface area contributed by atoms with Gasteiger partial charge in [-0.15, -0.1) is 12.6 Å². The normalized spacial score (nSPS) is 16.3. The highest BCUT2D eigenvalue weighted by Gasteiger charge is 2.29. The highest BCUT2D eigenvalue weighted by atomic mass is 32.1. The molecule has 0 saturated heterocycles. The lowest BCUT2D eigenvalue weighted by Gasteiger charge is -2.24. The van der Waals surface area contributed by atoms with Crippen molar-refractivity contribution in [2.24, 2.45) is 0 Å². The van der Waals surface area contributed by atoms with Gasteiger partial charge in [0.15, 0.2) is 0 Å². The summed E-state index contributed by atoms with van der Waals surface area (Å²) < 4.78 is 10.9. The van der Waals surface area contributed by atoms with Crippen molar-refractivity contribution >= 4 is 24.7 Å². The minimum Gasteiger partial charge on any atom is -0.461 e. The number of benzene rings is 1.